The lowest BCUT2D eigenvalue weighted by molar-refractivity contribution is -0.141. The van der Waals surface area contributed by atoms with E-state index in [2.05, 4.69) is 10.1 Å². The van der Waals surface area contributed by atoms with E-state index in [9.17, 15) is 18.4 Å². The van der Waals surface area contributed by atoms with Gasteiger partial charge in [0, 0.05) is 6.54 Å². The van der Waals surface area contributed by atoms with Gasteiger partial charge in [0.1, 0.15) is 5.75 Å². The van der Waals surface area contributed by atoms with E-state index >= 15 is 0 Å². The summed E-state index contributed by atoms with van der Waals surface area (Å²) in [6.07, 6.45) is 0.443. The number of nitrogens with one attached hydrogen (secondary N) is 1. The van der Waals surface area contributed by atoms with Crippen LogP contribution in [0.25, 0.3) is 0 Å². The monoisotopic (exact) mass is 301 g/mol. The average molecular weight is 301 g/mol. The number of alkyl halides is 2. The molecule has 116 valence electrons. The van der Waals surface area contributed by atoms with E-state index in [4.69, 9.17) is 5.11 Å². The van der Waals surface area contributed by atoms with Gasteiger partial charge in [-0.2, -0.15) is 8.78 Å². The topological polar surface area (TPSA) is 75.6 Å². The number of aliphatic carboxylic acids is 1. The maximum Gasteiger partial charge on any atom is 0.387 e. The maximum absolute atomic E-state index is 12.0. The van der Waals surface area contributed by atoms with Gasteiger partial charge in [0.2, 0.25) is 5.91 Å². The second kappa shape index (κ2) is 8.18. The van der Waals surface area contributed by atoms with Gasteiger partial charge >= 0.3 is 12.6 Å². The van der Waals surface area contributed by atoms with Crippen LogP contribution in [0.4, 0.5) is 8.78 Å². The van der Waals surface area contributed by atoms with E-state index in [1.807, 2.05) is 0 Å². The number of benzene rings is 1. The van der Waals surface area contributed by atoms with E-state index in [1.54, 1.807) is 6.92 Å². The smallest absolute Gasteiger partial charge is 0.387 e. The maximum atomic E-state index is 12.0. The number of hydrogen-bond acceptors (Lipinski definition) is 3. The minimum atomic E-state index is -2.88. The molecule has 5 nitrogen and oxygen atoms in total. The highest BCUT2D eigenvalue weighted by Crippen LogP contribution is 2.15. The Hall–Kier alpha value is -2.18. The Bertz CT molecular complexity index is 476. The zero-order chi connectivity index (χ0) is 15.8. The van der Waals surface area contributed by atoms with Crippen LogP contribution in [-0.4, -0.2) is 30.1 Å². The summed E-state index contributed by atoms with van der Waals surface area (Å²) in [4.78, 5) is 22.2. The van der Waals surface area contributed by atoms with Crippen LogP contribution in [-0.2, 0) is 16.0 Å². The van der Waals surface area contributed by atoms with Crippen LogP contribution in [0.3, 0.4) is 0 Å². The third-order valence-corrected chi connectivity index (χ3v) is 2.83. The van der Waals surface area contributed by atoms with Gasteiger partial charge in [-0.15, -0.1) is 0 Å². The molecule has 1 aromatic carbocycles. The molecule has 1 aromatic rings. The third kappa shape index (κ3) is 6.69. The van der Waals surface area contributed by atoms with Crippen LogP contribution in [0, 0.1) is 5.92 Å². The molecule has 0 saturated carbocycles. The fraction of sp³-hybridized carbons (Fsp3) is 0.429. The molecule has 1 rings (SSSR count). The summed E-state index contributed by atoms with van der Waals surface area (Å²) in [5.74, 6) is -1.64. The van der Waals surface area contributed by atoms with Crippen molar-refractivity contribution in [2.45, 2.75) is 26.4 Å². The Morgan fingerprint density at radius 1 is 1.29 bits per heavy atom. The summed E-state index contributed by atoms with van der Waals surface area (Å²) in [5, 5.41) is 11.3. The Kier molecular flexibility index (Phi) is 6.58. The molecule has 1 atom stereocenters. The number of halogens is 2. The van der Waals surface area contributed by atoms with Crippen molar-refractivity contribution >= 4 is 11.9 Å². The average Bonchev–Trinajstić information content (AvgIpc) is 2.40. The van der Waals surface area contributed by atoms with Gasteiger partial charge in [0.15, 0.2) is 0 Å². The van der Waals surface area contributed by atoms with Gasteiger partial charge in [-0.1, -0.05) is 19.1 Å². The number of amides is 1. The number of hydrogen-bond donors (Lipinski definition) is 2. The van der Waals surface area contributed by atoms with Crippen molar-refractivity contribution in [2.24, 2.45) is 5.92 Å². The molecule has 0 bridgehead atoms. The summed E-state index contributed by atoms with van der Waals surface area (Å²) in [7, 11) is 0. The molecule has 21 heavy (non-hydrogen) atoms. The van der Waals surface area contributed by atoms with Crippen molar-refractivity contribution < 1.29 is 28.2 Å². The molecule has 0 saturated heterocycles. The summed E-state index contributed by atoms with van der Waals surface area (Å²) >= 11 is 0. The van der Waals surface area contributed by atoms with Crippen molar-refractivity contribution in [2.75, 3.05) is 6.54 Å². The fourth-order valence-corrected chi connectivity index (χ4v) is 1.59. The molecular formula is C14H17F2NO4. The fourth-order valence-electron chi connectivity index (χ4n) is 1.59. The first-order valence-corrected chi connectivity index (χ1v) is 6.41. The molecular weight excluding hydrogens is 284 g/mol. The van der Waals surface area contributed by atoms with Crippen LogP contribution >= 0.6 is 0 Å². The van der Waals surface area contributed by atoms with E-state index in [0.29, 0.717) is 12.0 Å². The summed E-state index contributed by atoms with van der Waals surface area (Å²) in [6, 6.07) is 5.77. The highest BCUT2D eigenvalue weighted by molar-refractivity contribution is 5.78. The SMILES string of the molecule is CC(CCNC(=O)Cc1ccc(OC(F)F)cc1)C(=O)O. The molecule has 0 radical (unpaired) electrons. The first-order chi connectivity index (χ1) is 9.88. The molecule has 0 aliphatic rings. The predicted octanol–water partition coefficient (Wildman–Crippen LogP) is 2.06. The van der Waals surface area contributed by atoms with Crippen LogP contribution < -0.4 is 10.1 Å². The number of ether oxygens (including phenoxy) is 1. The van der Waals surface area contributed by atoms with Crippen molar-refractivity contribution in [1.29, 1.82) is 0 Å². The molecule has 0 aliphatic carbocycles. The van der Waals surface area contributed by atoms with Crippen molar-refractivity contribution in [3.8, 4) is 5.75 Å². The lowest BCUT2D eigenvalue weighted by Crippen LogP contribution is -2.28. The van der Waals surface area contributed by atoms with E-state index < -0.39 is 18.5 Å². The Morgan fingerprint density at radius 2 is 1.90 bits per heavy atom. The number of carboxylic acids is 1. The number of carbonyl (C=O) groups excluding carboxylic acids is 1. The van der Waals surface area contributed by atoms with Gasteiger partial charge in [-0.3, -0.25) is 9.59 Å². The summed E-state index contributed by atoms with van der Waals surface area (Å²) in [6.45, 7) is -1.04. The molecule has 7 heteroatoms. The molecule has 0 fully saturated rings. The number of rotatable bonds is 8. The third-order valence-electron chi connectivity index (χ3n) is 2.83. The van der Waals surface area contributed by atoms with E-state index in [-0.39, 0.29) is 24.6 Å². The number of carboxylic acid groups (broad SMARTS) is 1. The summed E-state index contributed by atoms with van der Waals surface area (Å²) in [5.41, 5.74) is 0.653. The highest BCUT2D eigenvalue weighted by Gasteiger charge is 2.11. The summed E-state index contributed by atoms with van der Waals surface area (Å²) < 4.78 is 28.1. The predicted molar refractivity (Wildman–Crippen MR) is 71.2 cm³/mol. The highest BCUT2D eigenvalue weighted by atomic mass is 19.3. The normalized spacial score (nSPS) is 12.0. The zero-order valence-electron chi connectivity index (χ0n) is 11.5. The Labute approximate surface area is 120 Å². The molecule has 0 aromatic heterocycles. The standard InChI is InChI=1S/C14H17F2NO4/c1-9(13(19)20)6-7-17-12(18)8-10-2-4-11(5-3-10)21-14(15)16/h2-5,9,14H,6-8H2,1H3,(H,17,18)(H,19,20). The van der Waals surface area contributed by atoms with Gasteiger partial charge in [-0.05, 0) is 24.1 Å². The molecule has 0 aliphatic heterocycles. The largest absolute Gasteiger partial charge is 0.481 e. The Balaban J connectivity index is 2.36. The van der Waals surface area contributed by atoms with Gasteiger partial charge in [-0.25, -0.2) is 0 Å². The van der Waals surface area contributed by atoms with Crippen LogP contribution in [0.2, 0.25) is 0 Å². The van der Waals surface area contributed by atoms with E-state index in [0.717, 1.165) is 0 Å². The molecule has 1 unspecified atom stereocenters. The minimum absolute atomic E-state index is 0.0319. The van der Waals surface area contributed by atoms with Crippen molar-refractivity contribution in [3.05, 3.63) is 29.8 Å². The van der Waals surface area contributed by atoms with Crippen LogP contribution in [0.1, 0.15) is 18.9 Å². The van der Waals surface area contributed by atoms with Gasteiger partial charge < -0.3 is 15.2 Å². The van der Waals surface area contributed by atoms with Crippen molar-refractivity contribution in [1.82, 2.24) is 5.32 Å². The van der Waals surface area contributed by atoms with Crippen LogP contribution in [0.5, 0.6) is 5.75 Å². The minimum Gasteiger partial charge on any atom is -0.481 e. The lowest BCUT2D eigenvalue weighted by Gasteiger charge is -2.08. The quantitative estimate of drug-likeness (QED) is 0.770. The lowest BCUT2D eigenvalue weighted by atomic mass is 10.1. The first-order valence-electron chi connectivity index (χ1n) is 6.41. The molecule has 0 spiro atoms. The second-order valence-corrected chi connectivity index (χ2v) is 4.58. The van der Waals surface area contributed by atoms with Gasteiger partial charge in [0.25, 0.3) is 0 Å². The van der Waals surface area contributed by atoms with Gasteiger partial charge in [0.05, 0.1) is 12.3 Å². The zero-order valence-corrected chi connectivity index (χ0v) is 11.5. The first kappa shape index (κ1) is 16.9. The molecule has 0 heterocycles. The van der Waals surface area contributed by atoms with Crippen molar-refractivity contribution in [3.63, 3.8) is 0 Å². The molecule has 1 amide bonds. The molecule has 2 N–H and O–H groups in total. The van der Waals surface area contributed by atoms with Crippen LogP contribution in [0.15, 0.2) is 24.3 Å². The number of carbonyl (C=O) groups is 2. The second-order valence-electron chi connectivity index (χ2n) is 4.58. The Morgan fingerprint density at radius 3 is 2.43 bits per heavy atom. The van der Waals surface area contributed by atoms with E-state index in [1.165, 1.54) is 24.3 Å².